The molecule has 2 unspecified atom stereocenters. The molecule has 0 saturated heterocycles. The maximum absolute atomic E-state index is 12.4. The Morgan fingerprint density at radius 1 is 1.43 bits per heavy atom. The minimum atomic E-state index is -3.70. The van der Waals surface area contributed by atoms with Crippen molar-refractivity contribution in [3.8, 4) is 0 Å². The molecule has 1 aliphatic carbocycles. The molecule has 21 heavy (non-hydrogen) atoms. The molecule has 2 atom stereocenters. The standard InChI is InChI=1S/C12H19N3O4S2/c1-8-4-3-5-9(6-8)14-21(18,19)11-7-10(15(16)17)12(13-2)20-11/h7-9,13-14H,3-6H2,1-2H3. The van der Waals surface area contributed by atoms with Crippen molar-refractivity contribution in [2.45, 2.75) is 42.9 Å². The molecule has 2 N–H and O–H groups in total. The van der Waals surface area contributed by atoms with Gasteiger partial charge in [-0.15, -0.1) is 0 Å². The fourth-order valence-electron chi connectivity index (χ4n) is 2.63. The minimum absolute atomic E-state index is 0.0169. The van der Waals surface area contributed by atoms with Crippen molar-refractivity contribution in [2.75, 3.05) is 12.4 Å². The largest absolute Gasteiger partial charge is 0.374 e. The Bertz CT molecular complexity index is 626. The molecule has 1 aliphatic rings. The van der Waals surface area contributed by atoms with Gasteiger partial charge in [-0.1, -0.05) is 31.1 Å². The number of nitrogens with one attached hydrogen (secondary N) is 2. The zero-order valence-electron chi connectivity index (χ0n) is 12.0. The van der Waals surface area contributed by atoms with E-state index in [2.05, 4.69) is 17.0 Å². The lowest BCUT2D eigenvalue weighted by molar-refractivity contribution is -0.383. The van der Waals surface area contributed by atoms with Crippen molar-refractivity contribution in [1.29, 1.82) is 0 Å². The average molecular weight is 333 g/mol. The summed E-state index contributed by atoms with van der Waals surface area (Å²) in [5.41, 5.74) is -0.208. The Kier molecular flexibility index (Phi) is 4.84. The molecule has 1 aromatic heterocycles. The van der Waals surface area contributed by atoms with Crippen LogP contribution >= 0.6 is 11.3 Å². The molecule has 118 valence electrons. The molecule has 7 nitrogen and oxygen atoms in total. The van der Waals surface area contributed by atoms with E-state index in [4.69, 9.17) is 0 Å². The van der Waals surface area contributed by atoms with Gasteiger partial charge in [0.2, 0.25) is 0 Å². The smallest absolute Gasteiger partial charge is 0.304 e. The number of rotatable bonds is 5. The molecule has 0 aliphatic heterocycles. The quantitative estimate of drug-likeness (QED) is 0.637. The first kappa shape index (κ1) is 16.2. The van der Waals surface area contributed by atoms with Crippen molar-refractivity contribution >= 4 is 32.0 Å². The Balaban J connectivity index is 2.21. The summed E-state index contributed by atoms with van der Waals surface area (Å²) >= 11 is 0.881. The van der Waals surface area contributed by atoms with Crippen molar-refractivity contribution in [3.63, 3.8) is 0 Å². The first-order chi connectivity index (χ1) is 9.83. The highest BCUT2D eigenvalue weighted by atomic mass is 32.2. The summed E-state index contributed by atoms with van der Waals surface area (Å²) in [4.78, 5) is 10.3. The SMILES string of the molecule is CNc1sc(S(=O)(=O)NC2CCCC(C)C2)cc1[N+](=O)[O-]. The van der Waals surface area contributed by atoms with Gasteiger partial charge < -0.3 is 5.32 Å². The maximum Gasteiger partial charge on any atom is 0.304 e. The van der Waals surface area contributed by atoms with Gasteiger partial charge in [-0.3, -0.25) is 10.1 Å². The van der Waals surface area contributed by atoms with Gasteiger partial charge in [0.25, 0.3) is 10.0 Å². The van der Waals surface area contributed by atoms with Gasteiger partial charge in [0.1, 0.15) is 4.21 Å². The van der Waals surface area contributed by atoms with Crippen molar-refractivity contribution in [3.05, 3.63) is 16.2 Å². The van der Waals surface area contributed by atoms with E-state index in [-0.39, 0.29) is 20.9 Å². The molecule has 1 saturated carbocycles. The van der Waals surface area contributed by atoms with E-state index in [1.165, 1.54) is 7.05 Å². The summed E-state index contributed by atoms with van der Waals surface area (Å²) in [7, 11) is -2.17. The Labute approximate surface area is 127 Å². The monoisotopic (exact) mass is 333 g/mol. The highest BCUT2D eigenvalue weighted by Crippen LogP contribution is 2.37. The van der Waals surface area contributed by atoms with Crippen molar-refractivity contribution in [2.24, 2.45) is 5.92 Å². The van der Waals surface area contributed by atoms with Crippen molar-refractivity contribution < 1.29 is 13.3 Å². The lowest BCUT2D eigenvalue weighted by Gasteiger charge is -2.26. The van der Waals surface area contributed by atoms with Crippen molar-refractivity contribution in [1.82, 2.24) is 4.72 Å². The third-order valence-electron chi connectivity index (χ3n) is 3.64. The van der Waals surface area contributed by atoms with E-state index >= 15 is 0 Å². The molecule has 1 heterocycles. The van der Waals surface area contributed by atoms with Crippen LogP contribution in [0, 0.1) is 16.0 Å². The van der Waals surface area contributed by atoms with E-state index in [9.17, 15) is 18.5 Å². The summed E-state index contributed by atoms with van der Waals surface area (Å²) in [6.07, 6.45) is 3.74. The fraction of sp³-hybridized carbons (Fsp3) is 0.667. The predicted molar refractivity (Wildman–Crippen MR) is 82.3 cm³/mol. The second-order valence-corrected chi connectivity index (χ2v) is 8.37. The topological polar surface area (TPSA) is 101 Å². The Morgan fingerprint density at radius 3 is 2.67 bits per heavy atom. The molecule has 0 radical (unpaired) electrons. The first-order valence-electron chi connectivity index (χ1n) is 6.81. The van der Waals surface area contributed by atoms with Crippen LogP contribution in [-0.4, -0.2) is 26.4 Å². The van der Waals surface area contributed by atoms with Crippen LogP contribution in [0.4, 0.5) is 10.7 Å². The lowest BCUT2D eigenvalue weighted by atomic mass is 9.88. The summed E-state index contributed by atoms with van der Waals surface area (Å²) in [5, 5.41) is 13.8. The van der Waals surface area contributed by atoms with Crippen LogP contribution < -0.4 is 10.0 Å². The van der Waals surface area contributed by atoms with Gasteiger partial charge in [-0.2, -0.15) is 0 Å². The molecular formula is C12H19N3O4S2. The van der Waals surface area contributed by atoms with E-state index < -0.39 is 14.9 Å². The first-order valence-corrected chi connectivity index (χ1v) is 9.11. The second kappa shape index (κ2) is 6.29. The number of anilines is 1. The highest BCUT2D eigenvalue weighted by molar-refractivity contribution is 7.91. The van der Waals surface area contributed by atoms with Crippen LogP contribution in [0.25, 0.3) is 0 Å². The summed E-state index contributed by atoms with van der Waals surface area (Å²) in [5.74, 6) is 0.497. The fourth-order valence-corrected chi connectivity index (χ4v) is 5.21. The van der Waals surface area contributed by atoms with Crippen LogP contribution in [0.3, 0.4) is 0 Å². The number of hydrogen-bond donors (Lipinski definition) is 2. The van der Waals surface area contributed by atoms with Gasteiger partial charge in [-0.25, -0.2) is 13.1 Å². The summed E-state index contributed by atoms with van der Waals surface area (Å²) < 4.78 is 27.4. The van der Waals surface area contributed by atoms with Gasteiger partial charge in [0, 0.05) is 19.2 Å². The van der Waals surface area contributed by atoms with E-state index in [1.54, 1.807) is 0 Å². The number of thiophene rings is 1. The molecule has 1 fully saturated rings. The van der Waals surface area contributed by atoms with E-state index in [0.717, 1.165) is 43.1 Å². The zero-order valence-corrected chi connectivity index (χ0v) is 13.6. The molecule has 0 bridgehead atoms. The molecule has 2 rings (SSSR count). The normalized spacial score (nSPS) is 23.0. The molecule has 0 amide bonds. The summed E-state index contributed by atoms with van der Waals surface area (Å²) in [6, 6.07) is 1.03. The van der Waals surface area contributed by atoms with Crippen LogP contribution in [0.15, 0.2) is 10.3 Å². The third kappa shape index (κ3) is 3.72. The molecule has 1 aromatic rings. The molecule has 0 aromatic carbocycles. The lowest BCUT2D eigenvalue weighted by Crippen LogP contribution is -2.37. The number of nitro groups is 1. The number of nitrogens with zero attached hydrogens (tertiary/aromatic N) is 1. The number of sulfonamides is 1. The Hall–Kier alpha value is -1.19. The van der Waals surface area contributed by atoms with Crippen LogP contribution in [0.5, 0.6) is 0 Å². The zero-order chi connectivity index (χ0) is 15.6. The van der Waals surface area contributed by atoms with Gasteiger partial charge in [0.15, 0.2) is 5.00 Å². The summed E-state index contributed by atoms with van der Waals surface area (Å²) in [6.45, 7) is 2.11. The molecular weight excluding hydrogens is 314 g/mol. The Morgan fingerprint density at radius 2 is 2.14 bits per heavy atom. The van der Waals surface area contributed by atoms with Crippen LogP contribution in [-0.2, 0) is 10.0 Å². The van der Waals surface area contributed by atoms with Gasteiger partial charge in [-0.05, 0) is 18.8 Å². The van der Waals surface area contributed by atoms with Gasteiger partial charge in [0.05, 0.1) is 4.92 Å². The maximum atomic E-state index is 12.4. The second-order valence-electron chi connectivity index (χ2n) is 5.38. The van der Waals surface area contributed by atoms with E-state index in [1.807, 2.05) is 0 Å². The van der Waals surface area contributed by atoms with Crippen LogP contribution in [0.2, 0.25) is 0 Å². The predicted octanol–water partition coefficient (Wildman–Crippen LogP) is 2.56. The number of hydrogen-bond acceptors (Lipinski definition) is 6. The third-order valence-corrected chi connectivity index (χ3v) is 6.77. The minimum Gasteiger partial charge on any atom is -0.374 e. The molecule has 9 heteroatoms. The van der Waals surface area contributed by atoms with Gasteiger partial charge >= 0.3 is 5.69 Å². The van der Waals surface area contributed by atoms with E-state index in [0.29, 0.717) is 5.92 Å². The average Bonchev–Trinajstić information content (AvgIpc) is 2.83. The highest BCUT2D eigenvalue weighted by Gasteiger charge is 2.29. The molecule has 0 spiro atoms. The van der Waals surface area contributed by atoms with Crippen LogP contribution in [0.1, 0.15) is 32.6 Å².